The Kier molecular flexibility index (Phi) is 5.56. The molecular formula is C17H22N4O2S. The predicted octanol–water partition coefficient (Wildman–Crippen LogP) is 2.96. The topological polar surface area (TPSA) is 89.6 Å². The summed E-state index contributed by atoms with van der Waals surface area (Å²) in [6, 6.07) is 5.75. The molecule has 0 aliphatic heterocycles. The summed E-state index contributed by atoms with van der Waals surface area (Å²) in [5, 5.41) is 4.70. The number of nitrogens with zero attached hydrogens (tertiary/aromatic N) is 2. The fourth-order valence-corrected chi connectivity index (χ4v) is 2.92. The van der Waals surface area contributed by atoms with Crippen molar-refractivity contribution in [2.75, 3.05) is 5.73 Å². The van der Waals surface area contributed by atoms with Crippen LogP contribution in [0.2, 0.25) is 0 Å². The van der Waals surface area contributed by atoms with Crippen LogP contribution in [0.5, 0.6) is 5.75 Å². The largest absolute Gasteiger partial charge is 0.481 e. The number of nitrogens with two attached hydrogens (primary N) is 1. The Hall–Kier alpha value is -2.41. The van der Waals surface area contributed by atoms with Gasteiger partial charge in [-0.05, 0) is 63.3 Å². The number of aromatic nitrogens is 1. The van der Waals surface area contributed by atoms with Crippen molar-refractivity contribution in [3.05, 3.63) is 40.6 Å². The van der Waals surface area contributed by atoms with Crippen LogP contribution in [-0.2, 0) is 4.79 Å². The third-order valence-corrected chi connectivity index (χ3v) is 4.58. The van der Waals surface area contributed by atoms with Gasteiger partial charge in [0, 0.05) is 0 Å². The van der Waals surface area contributed by atoms with Gasteiger partial charge in [-0.2, -0.15) is 9.47 Å². The zero-order valence-electron chi connectivity index (χ0n) is 14.5. The molecule has 128 valence electrons. The molecule has 0 fully saturated rings. The Bertz CT molecular complexity index is 763. The summed E-state index contributed by atoms with van der Waals surface area (Å²) < 4.78 is 9.91. The van der Waals surface area contributed by atoms with Gasteiger partial charge in [0.05, 0.1) is 17.0 Å². The lowest BCUT2D eigenvalue weighted by Gasteiger charge is -2.16. The molecule has 1 aromatic heterocycles. The Balaban J connectivity index is 2.04. The second-order valence-electron chi connectivity index (χ2n) is 5.64. The first-order valence-electron chi connectivity index (χ1n) is 7.60. The van der Waals surface area contributed by atoms with Gasteiger partial charge in [0.15, 0.2) is 6.10 Å². The molecule has 1 amide bonds. The summed E-state index contributed by atoms with van der Waals surface area (Å²) in [4.78, 5) is 12.2. The predicted molar refractivity (Wildman–Crippen MR) is 97.6 cm³/mol. The van der Waals surface area contributed by atoms with Crippen molar-refractivity contribution in [1.29, 1.82) is 0 Å². The second kappa shape index (κ2) is 7.44. The molecule has 2 aromatic rings. The number of carbonyl (C=O) groups is 1. The summed E-state index contributed by atoms with van der Waals surface area (Å²) in [7, 11) is 0. The molecule has 0 saturated heterocycles. The van der Waals surface area contributed by atoms with Gasteiger partial charge >= 0.3 is 0 Å². The molecular weight excluding hydrogens is 324 g/mol. The van der Waals surface area contributed by atoms with Gasteiger partial charge < -0.3 is 10.5 Å². The first-order valence-corrected chi connectivity index (χ1v) is 8.37. The van der Waals surface area contributed by atoms with Crippen LogP contribution in [0.3, 0.4) is 0 Å². The van der Waals surface area contributed by atoms with Crippen LogP contribution >= 0.6 is 11.5 Å². The number of hydrazone groups is 1. The van der Waals surface area contributed by atoms with E-state index in [-0.39, 0.29) is 5.91 Å². The van der Waals surface area contributed by atoms with Gasteiger partial charge in [-0.1, -0.05) is 12.1 Å². The minimum Gasteiger partial charge on any atom is -0.481 e. The third-order valence-electron chi connectivity index (χ3n) is 3.81. The van der Waals surface area contributed by atoms with Crippen molar-refractivity contribution < 1.29 is 9.53 Å². The van der Waals surface area contributed by atoms with E-state index in [0.717, 1.165) is 22.4 Å². The van der Waals surface area contributed by atoms with Crippen molar-refractivity contribution in [2.45, 2.75) is 40.7 Å². The molecule has 0 spiro atoms. The molecule has 0 bridgehead atoms. The smallest absolute Gasteiger partial charge is 0.280 e. The Labute approximate surface area is 145 Å². The molecule has 24 heavy (non-hydrogen) atoms. The van der Waals surface area contributed by atoms with Gasteiger partial charge in [0.1, 0.15) is 10.8 Å². The minimum absolute atomic E-state index is 0.324. The average Bonchev–Trinajstić information content (AvgIpc) is 2.88. The van der Waals surface area contributed by atoms with Crippen molar-refractivity contribution in [3.63, 3.8) is 0 Å². The van der Waals surface area contributed by atoms with Crippen LogP contribution in [0.4, 0.5) is 5.00 Å². The van der Waals surface area contributed by atoms with Gasteiger partial charge in [-0.15, -0.1) is 0 Å². The number of ether oxygens (including phenoxy) is 1. The number of nitrogen functional groups attached to an aromatic ring is 1. The van der Waals surface area contributed by atoms with E-state index in [9.17, 15) is 4.79 Å². The van der Waals surface area contributed by atoms with Crippen LogP contribution in [0.1, 0.15) is 36.2 Å². The molecule has 0 aliphatic carbocycles. The quantitative estimate of drug-likeness (QED) is 0.643. The fraction of sp³-hybridized carbons (Fsp3) is 0.353. The molecule has 1 atom stereocenters. The first-order chi connectivity index (χ1) is 11.3. The lowest BCUT2D eigenvalue weighted by molar-refractivity contribution is -0.127. The summed E-state index contributed by atoms with van der Waals surface area (Å²) >= 11 is 1.21. The Morgan fingerprint density at radius 3 is 2.71 bits per heavy atom. The highest BCUT2D eigenvalue weighted by molar-refractivity contribution is 7.10. The highest BCUT2D eigenvalue weighted by Crippen LogP contribution is 2.22. The molecule has 0 saturated carbocycles. The Morgan fingerprint density at radius 1 is 1.38 bits per heavy atom. The molecule has 3 N–H and O–H groups in total. The molecule has 2 rings (SSSR count). The molecule has 6 nitrogen and oxygen atoms in total. The number of nitrogens with one attached hydrogen (secondary N) is 1. The van der Waals surface area contributed by atoms with Crippen molar-refractivity contribution in [1.82, 2.24) is 9.80 Å². The Morgan fingerprint density at radius 2 is 2.08 bits per heavy atom. The number of hydrogen-bond acceptors (Lipinski definition) is 6. The van der Waals surface area contributed by atoms with E-state index >= 15 is 0 Å². The van der Waals surface area contributed by atoms with Crippen molar-refractivity contribution in [3.8, 4) is 5.75 Å². The number of anilines is 1. The van der Waals surface area contributed by atoms with Crippen LogP contribution in [0.25, 0.3) is 0 Å². The van der Waals surface area contributed by atoms with E-state index in [2.05, 4.69) is 14.9 Å². The van der Waals surface area contributed by atoms with E-state index in [1.165, 1.54) is 11.5 Å². The van der Waals surface area contributed by atoms with Gasteiger partial charge in [0.2, 0.25) is 0 Å². The number of aryl methyl sites for hydroxylation is 2. The molecule has 0 radical (unpaired) electrons. The lowest BCUT2D eigenvalue weighted by Crippen LogP contribution is -2.34. The lowest BCUT2D eigenvalue weighted by atomic mass is 10.1. The minimum atomic E-state index is -0.666. The van der Waals surface area contributed by atoms with Gasteiger partial charge in [0.25, 0.3) is 5.91 Å². The molecule has 7 heteroatoms. The maximum Gasteiger partial charge on any atom is 0.280 e. The highest BCUT2D eigenvalue weighted by Gasteiger charge is 2.17. The van der Waals surface area contributed by atoms with Gasteiger partial charge in [-0.3, -0.25) is 4.79 Å². The third kappa shape index (κ3) is 3.91. The normalized spacial score (nSPS) is 12.8. The summed E-state index contributed by atoms with van der Waals surface area (Å²) in [6.07, 6.45) is -0.666. The van der Waals surface area contributed by atoms with Crippen LogP contribution in [0.15, 0.2) is 23.3 Å². The van der Waals surface area contributed by atoms with Crippen LogP contribution in [-0.4, -0.2) is 22.1 Å². The molecule has 0 unspecified atom stereocenters. The highest BCUT2D eigenvalue weighted by atomic mass is 32.1. The summed E-state index contributed by atoms with van der Waals surface area (Å²) in [6.45, 7) is 9.29. The number of hydrogen-bond donors (Lipinski definition) is 2. The zero-order chi connectivity index (χ0) is 17.9. The second-order valence-corrected chi connectivity index (χ2v) is 6.44. The van der Waals surface area contributed by atoms with E-state index in [1.807, 2.05) is 39.0 Å². The number of rotatable bonds is 5. The van der Waals surface area contributed by atoms with Crippen molar-refractivity contribution in [2.24, 2.45) is 5.10 Å². The monoisotopic (exact) mass is 346 g/mol. The SMILES string of the molecule is C/C(=N/NC(=O)[C@H](C)Oc1cccc(C)c1C)c1c(C)nsc1N. The standard InChI is InChI=1S/C17H22N4O2S/c1-9-7-6-8-14(10(9)2)23-13(5)17(22)20-19-11(3)15-12(4)21-24-16(15)18/h6-8,13H,18H2,1-5H3,(H,20,22)/b19-11-/t13-/m0/s1. The van der Waals surface area contributed by atoms with Crippen LogP contribution in [0, 0.1) is 20.8 Å². The molecule has 1 aromatic carbocycles. The molecule has 1 heterocycles. The number of amides is 1. The maximum atomic E-state index is 12.2. The zero-order valence-corrected chi connectivity index (χ0v) is 15.3. The van der Waals surface area contributed by atoms with Crippen LogP contribution < -0.4 is 15.9 Å². The molecule has 0 aliphatic rings. The van der Waals surface area contributed by atoms with E-state index in [0.29, 0.717) is 16.5 Å². The fourth-order valence-electron chi connectivity index (χ4n) is 2.21. The van der Waals surface area contributed by atoms with E-state index in [1.54, 1.807) is 13.8 Å². The van der Waals surface area contributed by atoms with Crippen molar-refractivity contribution >= 4 is 28.2 Å². The average molecular weight is 346 g/mol. The number of carbonyl (C=O) groups excluding carboxylic acids is 1. The summed E-state index contributed by atoms with van der Waals surface area (Å²) in [5.74, 6) is 0.371. The van der Waals surface area contributed by atoms with Gasteiger partial charge in [-0.25, -0.2) is 5.43 Å². The summed E-state index contributed by atoms with van der Waals surface area (Å²) in [5.41, 5.74) is 12.7. The van der Waals surface area contributed by atoms with E-state index in [4.69, 9.17) is 10.5 Å². The number of benzene rings is 1. The first kappa shape index (κ1) is 17.9. The maximum absolute atomic E-state index is 12.2. The van der Waals surface area contributed by atoms with E-state index < -0.39 is 6.10 Å².